The molecule has 0 saturated heterocycles. The minimum Gasteiger partial charge on any atom is -0.333 e. The molecular weight excluding hydrogens is 282 g/mol. The zero-order valence-electron chi connectivity index (χ0n) is 11.8. The van der Waals surface area contributed by atoms with Gasteiger partial charge in [-0.1, -0.05) is 24.0 Å². The van der Waals surface area contributed by atoms with Gasteiger partial charge >= 0.3 is 6.03 Å². The normalized spacial score (nSPS) is 9.62. The number of carbonyl (C=O) groups is 1. The fourth-order valence-corrected chi connectivity index (χ4v) is 2.56. The van der Waals surface area contributed by atoms with Crippen LogP contribution >= 0.6 is 11.3 Å². The maximum Gasteiger partial charge on any atom is 0.319 e. The molecule has 0 spiro atoms. The lowest BCUT2D eigenvalue weighted by Crippen LogP contribution is -2.28. The molecule has 2 aromatic rings. The molecule has 0 fully saturated rings. The van der Waals surface area contributed by atoms with Gasteiger partial charge in [-0.3, -0.25) is 0 Å². The summed E-state index contributed by atoms with van der Waals surface area (Å²) in [6.45, 7) is 2.76. The molecule has 0 aliphatic heterocycles. The van der Waals surface area contributed by atoms with Gasteiger partial charge in [-0.15, -0.1) is 11.3 Å². The van der Waals surface area contributed by atoms with Crippen molar-refractivity contribution in [2.24, 2.45) is 5.73 Å². The summed E-state index contributed by atoms with van der Waals surface area (Å²) in [4.78, 5) is 12.9. The van der Waals surface area contributed by atoms with Crippen LogP contribution in [-0.4, -0.2) is 12.6 Å². The van der Waals surface area contributed by atoms with Gasteiger partial charge in [0.15, 0.2) is 0 Å². The lowest BCUT2D eigenvalue weighted by atomic mass is 10.2. The number of hydrogen-bond donors (Lipinski definition) is 3. The third kappa shape index (κ3) is 4.63. The Hall–Kier alpha value is -2.29. The molecule has 2 rings (SSSR count). The zero-order valence-corrected chi connectivity index (χ0v) is 12.6. The Morgan fingerprint density at radius 3 is 3.00 bits per heavy atom. The van der Waals surface area contributed by atoms with E-state index in [-0.39, 0.29) is 6.03 Å². The maximum atomic E-state index is 11.9. The van der Waals surface area contributed by atoms with E-state index in [2.05, 4.69) is 22.5 Å². The minimum atomic E-state index is -0.230. The summed E-state index contributed by atoms with van der Waals surface area (Å²) in [5.41, 5.74) is 8.17. The van der Waals surface area contributed by atoms with E-state index in [1.165, 1.54) is 0 Å². The highest BCUT2D eigenvalue weighted by Crippen LogP contribution is 2.15. The summed E-state index contributed by atoms with van der Waals surface area (Å²) < 4.78 is 0. The van der Waals surface area contributed by atoms with Crippen molar-refractivity contribution in [2.45, 2.75) is 13.5 Å². The lowest BCUT2D eigenvalue weighted by Gasteiger charge is -2.07. The van der Waals surface area contributed by atoms with E-state index < -0.39 is 0 Å². The Morgan fingerprint density at radius 2 is 2.24 bits per heavy atom. The van der Waals surface area contributed by atoms with Gasteiger partial charge in [0.25, 0.3) is 0 Å². The lowest BCUT2D eigenvalue weighted by molar-refractivity contribution is 0.252. The largest absolute Gasteiger partial charge is 0.333 e. The van der Waals surface area contributed by atoms with Crippen molar-refractivity contribution >= 4 is 23.1 Å². The van der Waals surface area contributed by atoms with E-state index in [0.717, 1.165) is 21.7 Å². The SMILES string of the molecule is Cc1cccc(NC(=O)NCc2sccc2C#CCN)c1. The predicted octanol–water partition coefficient (Wildman–Crippen LogP) is 2.69. The number of carbonyl (C=O) groups excluding carboxylic acids is 1. The van der Waals surface area contributed by atoms with Crippen molar-refractivity contribution in [3.05, 3.63) is 51.7 Å². The zero-order chi connectivity index (χ0) is 15.1. The van der Waals surface area contributed by atoms with Crippen LogP contribution in [0, 0.1) is 18.8 Å². The van der Waals surface area contributed by atoms with Gasteiger partial charge in [-0.2, -0.15) is 0 Å². The number of nitrogens with two attached hydrogens (primary N) is 1. The van der Waals surface area contributed by atoms with Crippen LogP contribution in [0.4, 0.5) is 10.5 Å². The molecule has 0 saturated carbocycles. The highest BCUT2D eigenvalue weighted by Gasteiger charge is 2.05. The topological polar surface area (TPSA) is 67.2 Å². The van der Waals surface area contributed by atoms with Crippen molar-refractivity contribution in [2.75, 3.05) is 11.9 Å². The average molecular weight is 299 g/mol. The second-order valence-corrected chi connectivity index (χ2v) is 5.44. The Morgan fingerprint density at radius 1 is 1.38 bits per heavy atom. The van der Waals surface area contributed by atoms with Crippen LogP contribution < -0.4 is 16.4 Å². The van der Waals surface area contributed by atoms with Gasteiger partial charge in [-0.25, -0.2) is 4.79 Å². The minimum absolute atomic E-state index is 0.230. The molecule has 0 radical (unpaired) electrons. The van der Waals surface area contributed by atoms with Gasteiger partial charge < -0.3 is 16.4 Å². The molecule has 0 unspecified atom stereocenters. The van der Waals surface area contributed by atoms with E-state index in [9.17, 15) is 4.79 Å². The van der Waals surface area contributed by atoms with Crippen molar-refractivity contribution in [3.63, 3.8) is 0 Å². The van der Waals surface area contributed by atoms with Crippen LogP contribution in [0.5, 0.6) is 0 Å². The summed E-state index contributed by atoms with van der Waals surface area (Å²) in [5.74, 6) is 5.82. The Balaban J connectivity index is 1.91. The highest BCUT2D eigenvalue weighted by molar-refractivity contribution is 7.10. The standard InChI is InChI=1S/C16H17N3OS/c1-12-4-2-6-14(10-12)19-16(20)18-11-15-13(5-3-8-17)7-9-21-15/h2,4,6-7,9-10H,8,11,17H2,1H3,(H2,18,19,20). The fraction of sp³-hybridized carbons (Fsp3) is 0.188. The third-order valence-corrected chi connectivity index (χ3v) is 3.68. The molecule has 0 bridgehead atoms. The molecular formula is C16H17N3OS. The van der Waals surface area contributed by atoms with Crippen LogP contribution in [0.3, 0.4) is 0 Å². The number of thiophene rings is 1. The first-order valence-electron chi connectivity index (χ1n) is 6.56. The van der Waals surface area contributed by atoms with E-state index in [0.29, 0.717) is 13.1 Å². The van der Waals surface area contributed by atoms with E-state index in [1.807, 2.05) is 42.6 Å². The van der Waals surface area contributed by atoms with Gasteiger partial charge in [0.05, 0.1) is 13.1 Å². The van der Waals surface area contributed by atoms with Crippen molar-refractivity contribution < 1.29 is 4.79 Å². The highest BCUT2D eigenvalue weighted by atomic mass is 32.1. The summed E-state index contributed by atoms with van der Waals surface area (Å²) in [6.07, 6.45) is 0. The van der Waals surface area contributed by atoms with Crippen LogP contribution in [0.25, 0.3) is 0 Å². The van der Waals surface area contributed by atoms with Gasteiger partial charge in [0.2, 0.25) is 0 Å². The molecule has 108 valence electrons. The van der Waals surface area contributed by atoms with E-state index in [1.54, 1.807) is 11.3 Å². The summed E-state index contributed by atoms with van der Waals surface area (Å²) in [7, 11) is 0. The molecule has 5 heteroatoms. The van der Waals surface area contributed by atoms with Gasteiger partial charge in [0, 0.05) is 16.1 Å². The number of rotatable bonds is 3. The maximum absolute atomic E-state index is 11.9. The number of anilines is 1. The number of amides is 2. The third-order valence-electron chi connectivity index (χ3n) is 2.76. The fourth-order valence-electron chi connectivity index (χ4n) is 1.79. The molecule has 1 aromatic heterocycles. The van der Waals surface area contributed by atoms with Crippen molar-refractivity contribution in [1.82, 2.24) is 5.32 Å². The molecule has 2 amide bonds. The first-order valence-corrected chi connectivity index (χ1v) is 7.44. The summed E-state index contributed by atoms with van der Waals surface area (Å²) in [6, 6.07) is 9.37. The van der Waals surface area contributed by atoms with E-state index >= 15 is 0 Å². The van der Waals surface area contributed by atoms with Crippen LogP contribution in [0.2, 0.25) is 0 Å². The molecule has 4 N–H and O–H groups in total. The number of nitrogens with one attached hydrogen (secondary N) is 2. The Kier molecular flexibility index (Phi) is 5.38. The quantitative estimate of drug-likeness (QED) is 0.763. The Labute approximate surface area is 128 Å². The molecule has 0 aliphatic carbocycles. The first kappa shape index (κ1) is 15.1. The number of benzene rings is 1. The summed E-state index contributed by atoms with van der Waals surface area (Å²) >= 11 is 1.56. The number of hydrogen-bond acceptors (Lipinski definition) is 3. The Bertz CT molecular complexity index is 682. The van der Waals surface area contributed by atoms with Crippen molar-refractivity contribution in [1.29, 1.82) is 0 Å². The molecule has 0 aliphatic rings. The number of urea groups is 1. The second kappa shape index (κ2) is 7.48. The van der Waals surface area contributed by atoms with Crippen LogP contribution in [0.1, 0.15) is 16.0 Å². The van der Waals surface area contributed by atoms with Crippen molar-refractivity contribution in [3.8, 4) is 11.8 Å². The van der Waals surface area contributed by atoms with Crippen LogP contribution in [0.15, 0.2) is 35.7 Å². The average Bonchev–Trinajstić information content (AvgIpc) is 2.90. The van der Waals surface area contributed by atoms with Gasteiger partial charge in [0.1, 0.15) is 0 Å². The molecule has 1 aromatic carbocycles. The monoisotopic (exact) mass is 299 g/mol. The van der Waals surface area contributed by atoms with Gasteiger partial charge in [-0.05, 0) is 36.1 Å². The van der Waals surface area contributed by atoms with E-state index in [4.69, 9.17) is 5.73 Å². The molecule has 21 heavy (non-hydrogen) atoms. The summed E-state index contributed by atoms with van der Waals surface area (Å²) in [5, 5.41) is 7.59. The second-order valence-electron chi connectivity index (χ2n) is 4.44. The molecule has 4 nitrogen and oxygen atoms in total. The first-order chi connectivity index (χ1) is 10.2. The molecule has 1 heterocycles. The smallest absolute Gasteiger partial charge is 0.319 e. The predicted molar refractivity (Wildman–Crippen MR) is 87.3 cm³/mol. The van der Waals surface area contributed by atoms with Crippen LogP contribution in [-0.2, 0) is 6.54 Å². The molecule has 0 atom stereocenters. The number of aryl methyl sites for hydroxylation is 1.